The third-order valence-corrected chi connectivity index (χ3v) is 4.92. The van der Waals surface area contributed by atoms with E-state index in [1.807, 2.05) is 0 Å². The topological polar surface area (TPSA) is 64.6 Å². The molecule has 27 heavy (non-hydrogen) atoms. The van der Waals surface area contributed by atoms with Gasteiger partial charge in [0, 0.05) is 11.3 Å². The molecule has 0 aliphatic rings. The number of benzene rings is 2. The van der Waals surface area contributed by atoms with Gasteiger partial charge in [-0.3, -0.25) is 4.79 Å². The van der Waals surface area contributed by atoms with E-state index in [-0.39, 0.29) is 5.56 Å². The summed E-state index contributed by atoms with van der Waals surface area (Å²) in [7, 11) is 2.85. The van der Waals surface area contributed by atoms with Gasteiger partial charge in [-0.1, -0.05) is 35.6 Å². The fourth-order valence-electron chi connectivity index (χ4n) is 2.51. The van der Waals surface area contributed by atoms with Gasteiger partial charge in [0.25, 0.3) is 5.91 Å². The summed E-state index contributed by atoms with van der Waals surface area (Å²) in [5.74, 6) is -1.54. The van der Waals surface area contributed by atoms with Crippen molar-refractivity contribution in [2.45, 2.75) is 0 Å². The molecule has 1 aromatic heterocycles. The minimum absolute atomic E-state index is 0.0243. The first kappa shape index (κ1) is 18.6. The zero-order valence-corrected chi connectivity index (χ0v) is 15.4. The molecule has 3 rings (SSSR count). The van der Waals surface area contributed by atoms with E-state index in [0.717, 1.165) is 11.1 Å². The van der Waals surface area contributed by atoms with Crippen LogP contribution in [0.25, 0.3) is 11.1 Å². The van der Waals surface area contributed by atoms with Gasteiger partial charge in [-0.2, -0.15) is 0 Å². The van der Waals surface area contributed by atoms with Crippen LogP contribution in [0.3, 0.4) is 0 Å². The van der Waals surface area contributed by atoms with Crippen molar-refractivity contribution in [1.29, 1.82) is 0 Å². The van der Waals surface area contributed by atoms with Crippen LogP contribution in [0.5, 0.6) is 5.06 Å². The Morgan fingerprint density at radius 3 is 2.37 bits per heavy atom. The van der Waals surface area contributed by atoms with Gasteiger partial charge in [0.1, 0.15) is 10.7 Å². The number of nitrogens with one attached hydrogen (secondary N) is 1. The highest BCUT2D eigenvalue weighted by Crippen LogP contribution is 2.38. The number of hydrogen-bond acceptors (Lipinski definition) is 5. The van der Waals surface area contributed by atoms with E-state index in [1.165, 1.54) is 43.8 Å². The van der Waals surface area contributed by atoms with E-state index >= 15 is 0 Å². The van der Waals surface area contributed by atoms with E-state index in [4.69, 9.17) is 9.47 Å². The lowest BCUT2D eigenvalue weighted by molar-refractivity contribution is 0.0606. The zero-order chi connectivity index (χ0) is 19.4. The molecule has 0 aliphatic carbocycles. The van der Waals surface area contributed by atoms with E-state index in [0.29, 0.717) is 15.6 Å². The Labute approximate surface area is 159 Å². The Morgan fingerprint density at radius 2 is 1.74 bits per heavy atom. The van der Waals surface area contributed by atoms with E-state index in [9.17, 15) is 14.0 Å². The maximum absolute atomic E-state index is 13.7. The fourth-order valence-corrected chi connectivity index (χ4v) is 3.42. The molecular formula is C20H16FNO4S. The van der Waals surface area contributed by atoms with Crippen LogP contribution in [0, 0.1) is 5.82 Å². The minimum atomic E-state index is -0.579. The Morgan fingerprint density at radius 1 is 1.04 bits per heavy atom. The van der Waals surface area contributed by atoms with Crippen molar-refractivity contribution in [2.75, 3.05) is 19.5 Å². The van der Waals surface area contributed by atoms with Crippen LogP contribution < -0.4 is 10.1 Å². The smallest absolute Gasteiger partial charge is 0.348 e. The van der Waals surface area contributed by atoms with Crippen LogP contribution in [0.2, 0.25) is 0 Å². The molecule has 1 N–H and O–H groups in total. The zero-order valence-electron chi connectivity index (χ0n) is 14.6. The molecule has 0 saturated carbocycles. The second-order valence-electron chi connectivity index (χ2n) is 5.52. The minimum Gasteiger partial charge on any atom is -0.487 e. The molecule has 138 valence electrons. The van der Waals surface area contributed by atoms with Crippen LogP contribution in [-0.2, 0) is 4.74 Å². The van der Waals surface area contributed by atoms with Gasteiger partial charge >= 0.3 is 5.97 Å². The SMILES string of the molecule is COC(=O)c1cc(-c2ccc(NC(=O)c3ccccc3F)cc2)c(OC)s1. The summed E-state index contributed by atoms with van der Waals surface area (Å²) >= 11 is 1.19. The number of rotatable bonds is 5. The van der Waals surface area contributed by atoms with E-state index in [1.54, 1.807) is 36.4 Å². The number of anilines is 1. The lowest BCUT2D eigenvalue weighted by Gasteiger charge is -2.07. The highest BCUT2D eigenvalue weighted by molar-refractivity contribution is 7.16. The molecule has 1 heterocycles. The lowest BCUT2D eigenvalue weighted by Crippen LogP contribution is -2.13. The number of amides is 1. The highest BCUT2D eigenvalue weighted by Gasteiger charge is 2.17. The van der Waals surface area contributed by atoms with Gasteiger partial charge in [-0.15, -0.1) is 0 Å². The predicted molar refractivity (Wildman–Crippen MR) is 102 cm³/mol. The van der Waals surface area contributed by atoms with Gasteiger partial charge in [0.15, 0.2) is 5.06 Å². The van der Waals surface area contributed by atoms with Crippen molar-refractivity contribution >= 4 is 28.9 Å². The normalized spacial score (nSPS) is 10.3. The molecule has 1 amide bonds. The van der Waals surface area contributed by atoms with Gasteiger partial charge in [0.05, 0.1) is 19.8 Å². The summed E-state index contributed by atoms with van der Waals surface area (Å²) < 4.78 is 23.8. The van der Waals surface area contributed by atoms with Crippen molar-refractivity contribution in [3.63, 3.8) is 0 Å². The number of halogens is 1. The predicted octanol–water partition coefficient (Wildman–Crippen LogP) is 4.60. The largest absolute Gasteiger partial charge is 0.487 e. The number of carbonyl (C=O) groups is 2. The standard InChI is InChI=1S/C20H16FNO4S/c1-25-19(24)17-11-15(20(26-2)27-17)12-7-9-13(10-8-12)22-18(23)14-5-3-4-6-16(14)21/h3-11H,1-2H3,(H,22,23). The Hall–Kier alpha value is -3.19. The van der Waals surface area contributed by atoms with Crippen LogP contribution in [0.1, 0.15) is 20.0 Å². The first-order chi connectivity index (χ1) is 13.0. The monoisotopic (exact) mass is 385 g/mol. The first-order valence-corrected chi connectivity index (χ1v) is 8.77. The summed E-state index contributed by atoms with van der Waals surface area (Å²) in [4.78, 5) is 24.3. The maximum atomic E-state index is 13.7. The van der Waals surface area contributed by atoms with Crippen LogP contribution in [-0.4, -0.2) is 26.1 Å². The van der Waals surface area contributed by atoms with Gasteiger partial charge in [0.2, 0.25) is 0 Å². The molecule has 3 aromatic rings. The Balaban J connectivity index is 1.82. The lowest BCUT2D eigenvalue weighted by atomic mass is 10.1. The molecule has 2 aromatic carbocycles. The summed E-state index contributed by atoms with van der Waals surface area (Å²) in [5, 5.41) is 3.24. The molecule has 0 unspecified atom stereocenters. The molecular weight excluding hydrogens is 369 g/mol. The van der Waals surface area contributed by atoms with Crippen LogP contribution >= 0.6 is 11.3 Å². The van der Waals surface area contributed by atoms with Gasteiger partial charge in [-0.05, 0) is 35.9 Å². The quantitative estimate of drug-likeness (QED) is 0.652. The first-order valence-electron chi connectivity index (χ1n) is 7.96. The van der Waals surface area contributed by atoms with Crippen molar-refractivity contribution in [2.24, 2.45) is 0 Å². The molecule has 0 spiro atoms. The molecule has 0 atom stereocenters. The molecule has 7 heteroatoms. The average molecular weight is 385 g/mol. The van der Waals surface area contributed by atoms with Gasteiger partial charge < -0.3 is 14.8 Å². The second kappa shape index (κ2) is 8.01. The van der Waals surface area contributed by atoms with E-state index in [2.05, 4.69) is 5.32 Å². The van der Waals surface area contributed by atoms with Crippen LogP contribution in [0.4, 0.5) is 10.1 Å². The Kier molecular flexibility index (Phi) is 5.52. The number of hydrogen-bond donors (Lipinski definition) is 1. The van der Waals surface area contributed by atoms with E-state index < -0.39 is 17.7 Å². The number of ether oxygens (including phenoxy) is 2. The molecule has 0 aliphatic heterocycles. The fraction of sp³-hybridized carbons (Fsp3) is 0.100. The summed E-state index contributed by atoms with van der Waals surface area (Å²) in [6, 6.07) is 14.4. The average Bonchev–Trinajstić information content (AvgIpc) is 3.12. The number of thiophene rings is 1. The molecule has 0 bridgehead atoms. The summed E-state index contributed by atoms with van der Waals surface area (Å²) in [5.41, 5.74) is 2.05. The summed E-state index contributed by atoms with van der Waals surface area (Å²) in [6.45, 7) is 0. The maximum Gasteiger partial charge on any atom is 0.348 e. The number of carbonyl (C=O) groups excluding carboxylic acids is 2. The van der Waals surface area contributed by atoms with Gasteiger partial charge in [-0.25, -0.2) is 9.18 Å². The molecule has 5 nitrogen and oxygen atoms in total. The summed E-state index contributed by atoms with van der Waals surface area (Å²) in [6.07, 6.45) is 0. The second-order valence-corrected chi connectivity index (χ2v) is 6.53. The number of methoxy groups -OCH3 is 2. The Bertz CT molecular complexity index is 982. The third-order valence-electron chi connectivity index (χ3n) is 3.84. The van der Waals surface area contributed by atoms with Crippen molar-refractivity contribution < 1.29 is 23.5 Å². The molecule has 0 saturated heterocycles. The highest BCUT2D eigenvalue weighted by atomic mass is 32.1. The third kappa shape index (κ3) is 3.98. The molecule has 0 fully saturated rings. The van der Waals surface area contributed by atoms with Crippen molar-refractivity contribution in [1.82, 2.24) is 0 Å². The van der Waals surface area contributed by atoms with Crippen molar-refractivity contribution in [3.8, 4) is 16.2 Å². The van der Waals surface area contributed by atoms with Crippen LogP contribution in [0.15, 0.2) is 54.6 Å². The molecule has 0 radical (unpaired) electrons. The number of esters is 1. The van der Waals surface area contributed by atoms with Crippen molar-refractivity contribution in [3.05, 3.63) is 70.9 Å².